The van der Waals surface area contributed by atoms with Crippen molar-refractivity contribution in [1.29, 1.82) is 0 Å². The molecule has 5 heteroatoms. The lowest BCUT2D eigenvalue weighted by atomic mass is 10.0. The Labute approximate surface area is 177 Å². The number of Topliss-reactive ketones (excluding diaryl/α,β-unsaturated/α-hetero) is 1. The van der Waals surface area contributed by atoms with E-state index in [4.69, 9.17) is 4.84 Å². The van der Waals surface area contributed by atoms with Crippen LogP contribution in [0.25, 0.3) is 16.6 Å². The van der Waals surface area contributed by atoms with Gasteiger partial charge in [-0.3, -0.25) is 4.79 Å². The fourth-order valence-electron chi connectivity index (χ4n) is 3.41. The lowest BCUT2D eigenvalue weighted by Crippen LogP contribution is -2.16. The Morgan fingerprint density at radius 3 is 2.40 bits per heavy atom. The van der Waals surface area contributed by atoms with E-state index >= 15 is 0 Å². The van der Waals surface area contributed by atoms with Crippen molar-refractivity contribution in [3.8, 4) is 5.69 Å². The first-order valence-electron chi connectivity index (χ1n) is 10.6. The van der Waals surface area contributed by atoms with Gasteiger partial charge in [0, 0.05) is 29.3 Å². The number of nitrogens with zero attached hydrogens (tertiary/aromatic N) is 2. The van der Waals surface area contributed by atoms with E-state index in [1.165, 1.54) is 0 Å². The van der Waals surface area contributed by atoms with Gasteiger partial charge in [-0.1, -0.05) is 74.7 Å². The maximum atomic E-state index is 13.4. The molecule has 3 aromatic rings. The molecule has 30 heavy (non-hydrogen) atoms. The number of para-hydroxylation sites is 2. The second-order valence-corrected chi connectivity index (χ2v) is 7.26. The summed E-state index contributed by atoms with van der Waals surface area (Å²) in [5.41, 5.74) is 2.79. The Kier molecular flexibility index (Phi) is 7.55. The lowest BCUT2D eigenvalue weighted by molar-refractivity contribution is -0.143. The first-order valence-corrected chi connectivity index (χ1v) is 10.6. The number of oxime groups is 1. The maximum Gasteiger partial charge on any atom is 0.334 e. The number of rotatable bonds is 10. The third-order valence-corrected chi connectivity index (χ3v) is 5.07. The van der Waals surface area contributed by atoms with Gasteiger partial charge in [0.1, 0.15) is 5.71 Å². The molecule has 0 aliphatic heterocycles. The van der Waals surface area contributed by atoms with Crippen molar-refractivity contribution in [2.24, 2.45) is 5.16 Å². The summed E-state index contributed by atoms with van der Waals surface area (Å²) in [4.78, 5) is 30.0. The van der Waals surface area contributed by atoms with Gasteiger partial charge in [0.25, 0.3) is 0 Å². The van der Waals surface area contributed by atoms with Gasteiger partial charge in [-0.05, 0) is 31.0 Å². The zero-order chi connectivity index (χ0) is 21.3. The van der Waals surface area contributed by atoms with Crippen LogP contribution in [-0.2, 0) is 9.63 Å². The predicted molar refractivity (Wildman–Crippen MR) is 120 cm³/mol. The first kappa shape index (κ1) is 21.5. The van der Waals surface area contributed by atoms with Crippen LogP contribution in [0.1, 0.15) is 62.7 Å². The molecule has 156 valence electrons. The summed E-state index contributed by atoms with van der Waals surface area (Å²) in [5, 5.41) is 4.82. The highest BCUT2D eigenvalue weighted by Crippen LogP contribution is 2.26. The standard InChI is InChI=1S/C25H28N2O3/c1-3-5-6-10-16-22(26-30-24(28)4-2)25(29)21-18-27(19-13-8-7-9-14-19)23-17-12-11-15-20(21)23/h7-9,11-15,17-18H,3-6,10,16H2,1-2H3/b26-22+. The molecule has 0 spiro atoms. The molecule has 3 rings (SSSR count). The minimum absolute atomic E-state index is 0.193. The third-order valence-electron chi connectivity index (χ3n) is 5.07. The zero-order valence-corrected chi connectivity index (χ0v) is 17.6. The number of benzene rings is 2. The Balaban J connectivity index is 1.98. The smallest absolute Gasteiger partial charge is 0.318 e. The van der Waals surface area contributed by atoms with E-state index in [-0.39, 0.29) is 12.2 Å². The quantitative estimate of drug-likeness (QED) is 0.135. The lowest BCUT2D eigenvalue weighted by Gasteiger charge is -2.05. The normalized spacial score (nSPS) is 11.6. The van der Waals surface area contributed by atoms with Gasteiger partial charge in [0.2, 0.25) is 5.78 Å². The molecule has 0 atom stereocenters. The number of carbonyl (C=O) groups is 2. The monoisotopic (exact) mass is 404 g/mol. The third kappa shape index (κ3) is 5.03. The minimum Gasteiger partial charge on any atom is -0.318 e. The van der Waals surface area contributed by atoms with E-state index in [9.17, 15) is 9.59 Å². The van der Waals surface area contributed by atoms with Crippen molar-refractivity contribution < 1.29 is 14.4 Å². The SMILES string of the molecule is CCCCCC/C(=N\OC(=O)CC)C(=O)c1cn(-c2ccccc2)c2ccccc12. The fraction of sp³-hybridized carbons (Fsp3) is 0.320. The van der Waals surface area contributed by atoms with Gasteiger partial charge in [-0.25, -0.2) is 4.79 Å². The molecule has 1 heterocycles. The van der Waals surface area contributed by atoms with Crippen molar-refractivity contribution in [3.05, 3.63) is 66.4 Å². The number of hydrogen-bond donors (Lipinski definition) is 0. The molecular weight excluding hydrogens is 376 g/mol. The second-order valence-electron chi connectivity index (χ2n) is 7.26. The Morgan fingerprint density at radius 2 is 1.67 bits per heavy atom. The Hall–Kier alpha value is -3.21. The molecule has 2 aromatic carbocycles. The predicted octanol–water partition coefficient (Wildman–Crippen LogP) is 6.09. The Bertz CT molecular complexity index is 1030. The summed E-state index contributed by atoms with van der Waals surface area (Å²) in [5.74, 6) is -0.637. The van der Waals surface area contributed by atoms with Crippen LogP contribution in [0.2, 0.25) is 0 Å². The van der Waals surface area contributed by atoms with E-state index in [0.29, 0.717) is 17.7 Å². The molecule has 0 amide bonds. The fourth-order valence-corrected chi connectivity index (χ4v) is 3.41. The topological polar surface area (TPSA) is 60.7 Å². The largest absolute Gasteiger partial charge is 0.334 e. The number of hydrogen-bond acceptors (Lipinski definition) is 4. The van der Waals surface area contributed by atoms with Crippen molar-refractivity contribution in [2.75, 3.05) is 0 Å². The summed E-state index contributed by atoms with van der Waals surface area (Å²) >= 11 is 0. The second kappa shape index (κ2) is 10.5. The maximum absolute atomic E-state index is 13.4. The molecule has 0 aliphatic carbocycles. The summed E-state index contributed by atoms with van der Waals surface area (Å²) in [6, 6.07) is 17.7. The molecule has 0 aliphatic rings. The summed E-state index contributed by atoms with van der Waals surface area (Å²) < 4.78 is 2.01. The molecular formula is C25H28N2O3. The van der Waals surface area contributed by atoms with Crippen LogP contribution in [0.15, 0.2) is 65.9 Å². The van der Waals surface area contributed by atoms with Crippen molar-refractivity contribution in [1.82, 2.24) is 4.57 Å². The van der Waals surface area contributed by atoms with E-state index in [0.717, 1.165) is 42.3 Å². The molecule has 0 fully saturated rings. The van der Waals surface area contributed by atoms with Gasteiger partial charge in [0.05, 0.1) is 5.52 Å². The van der Waals surface area contributed by atoms with Crippen molar-refractivity contribution in [3.63, 3.8) is 0 Å². The van der Waals surface area contributed by atoms with E-state index in [2.05, 4.69) is 12.1 Å². The Morgan fingerprint density at radius 1 is 0.933 bits per heavy atom. The van der Waals surface area contributed by atoms with Crippen LogP contribution < -0.4 is 0 Å². The summed E-state index contributed by atoms with van der Waals surface area (Å²) in [6.45, 7) is 3.84. The van der Waals surface area contributed by atoms with Crippen LogP contribution in [0.5, 0.6) is 0 Å². The molecule has 0 radical (unpaired) electrons. The van der Waals surface area contributed by atoms with E-state index in [1.54, 1.807) is 6.92 Å². The molecule has 0 unspecified atom stereocenters. The van der Waals surface area contributed by atoms with Crippen LogP contribution in [-0.4, -0.2) is 22.0 Å². The van der Waals surface area contributed by atoms with Crippen molar-refractivity contribution in [2.45, 2.75) is 52.4 Å². The molecule has 5 nitrogen and oxygen atoms in total. The van der Waals surface area contributed by atoms with E-state index < -0.39 is 5.97 Å². The van der Waals surface area contributed by atoms with Gasteiger partial charge in [-0.15, -0.1) is 0 Å². The van der Waals surface area contributed by atoms with Crippen LogP contribution >= 0.6 is 0 Å². The highest BCUT2D eigenvalue weighted by molar-refractivity contribution is 6.47. The summed E-state index contributed by atoms with van der Waals surface area (Å²) in [6.07, 6.45) is 6.61. The van der Waals surface area contributed by atoms with Gasteiger partial charge >= 0.3 is 5.97 Å². The van der Waals surface area contributed by atoms with Crippen LogP contribution in [0.3, 0.4) is 0 Å². The number of carbonyl (C=O) groups excluding carboxylic acids is 2. The zero-order valence-electron chi connectivity index (χ0n) is 17.6. The number of ketones is 1. The highest BCUT2D eigenvalue weighted by atomic mass is 16.7. The summed E-state index contributed by atoms with van der Waals surface area (Å²) in [7, 11) is 0. The molecule has 0 saturated carbocycles. The number of unbranched alkanes of at least 4 members (excludes halogenated alkanes) is 3. The average Bonchev–Trinajstić information content (AvgIpc) is 3.18. The molecule has 0 bridgehead atoms. The number of aromatic nitrogens is 1. The first-order chi connectivity index (χ1) is 14.7. The van der Waals surface area contributed by atoms with E-state index in [1.807, 2.05) is 65.4 Å². The van der Waals surface area contributed by atoms with Crippen LogP contribution in [0.4, 0.5) is 0 Å². The van der Waals surface area contributed by atoms with Crippen molar-refractivity contribution >= 4 is 28.4 Å². The highest BCUT2D eigenvalue weighted by Gasteiger charge is 2.21. The van der Waals surface area contributed by atoms with Crippen LogP contribution in [0, 0.1) is 0 Å². The molecule has 0 saturated heterocycles. The average molecular weight is 405 g/mol. The minimum atomic E-state index is -0.444. The molecule has 0 N–H and O–H groups in total. The van der Waals surface area contributed by atoms with Gasteiger partial charge < -0.3 is 9.40 Å². The molecule has 1 aromatic heterocycles. The van der Waals surface area contributed by atoms with Gasteiger partial charge in [0.15, 0.2) is 0 Å². The number of fused-ring (bicyclic) bond motifs is 1. The van der Waals surface area contributed by atoms with Gasteiger partial charge in [-0.2, -0.15) is 0 Å².